The van der Waals surface area contributed by atoms with Crippen molar-refractivity contribution in [3.63, 3.8) is 0 Å². The van der Waals surface area contributed by atoms with Crippen LogP contribution in [0.2, 0.25) is 0 Å². The van der Waals surface area contributed by atoms with Crippen molar-refractivity contribution in [1.29, 1.82) is 0 Å². The van der Waals surface area contributed by atoms with Crippen LogP contribution in [0.3, 0.4) is 0 Å². The number of carbonyl (C=O) groups is 1. The van der Waals surface area contributed by atoms with Crippen LogP contribution in [0.25, 0.3) is 21.3 Å². The summed E-state index contributed by atoms with van der Waals surface area (Å²) in [4.78, 5) is 21.9. The van der Waals surface area contributed by atoms with Crippen LogP contribution in [-0.4, -0.2) is 59.7 Å². The number of piperidine rings is 3. The molecule has 3 fully saturated rings. The third-order valence-corrected chi connectivity index (χ3v) is 7.35. The number of fused-ring (bicyclic) bond motifs is 4. The molecular formula is C21H24N6OS. The molecule has 0 spiro atoms. The zero-order valence-electron chi connectivity index (χ0n) is 16.7. The highest BCUT2D eigenvalue weighted by Gasteiger charge is 2.45. The summed E-state index contributed by atoms with van der Waals surface area (Å²) in [6.07, 6.45) is 4.66. The monoisotopic (exact) mass is 408 g/mol. The molecule has 8 heteroatoms. The Kier molecular flexibility index (Phi) is 4.48. The van der Waals surface area contributed by atoms with Gasteiger partial charge in [-0.1, -0.05) is 23.5 Å². The number of anilines is 2. The first-order chi connectivity index (χ1) is 14.0. The van der Waals surface area contributed by atoms with Crippen LogP contribution in [0, 0.1) is 5.41 Å². The van der Waals surface area contributed by atoms with Crippen molar-refractivity contribution in [2.75, 3.05) is 43.9 Å². The molecule has 29 heavy (non-hydrogen) atoms. The van der Waals surface area contributed by atoms with Crippen LogP contribution in [0.1, 0.15) is 19.3 Å². The zero-order valence-corrected chi connectivity index (χ0v) is 17.5. The van der Waals surface area contributed by atoms with Gasteiger partial charge in [0.05, 0.1) is 5.41 Å². The Hall–Kier alpha value is -2.58. The van der Waals surface area contributed by atoms with E-state index in [9.17, 15) is 4.79 Å². The highest BCUT2D eigenvalue weighted by molar-refractivity contribution is 7.18. The van der Waals surface area contributed by atoms with Crippen molar-refractivity contribution in [3.05, 3.63) is 30.5 Å². The fourth-order valence-corrected chi connectivity index (χ4v) is 5.04. The number of nitrogens with one attached hydrogen (secondary N) is 1. The molecule has 2 bridgehead atoms. The molecule has 7 nitrogen and oxygen atoms in total. The first-order valence-electron chi connectivity index (χ1n) is 9.97. The number of nitrogens with zero attached hydrogens (tertiary/aromatic N) is 5. The minimum Gasteiger partial charge on any atom is -0.353 e. The lowest BCUT2D eigenvalue weighted by Crippen LogP contribution is -2.53. The highest BCUT2D eigenvalue weighted by Crippen LogP contribution is 2.41. The van der Waals surface area contributed by atoms with E-state index in [-0.39, 0.29) is 11.3 Å². The molecule has 2 aromatic heterocycles. The van der Waals surface area contributed by atoms with Gasteiger partial charge in [-0.25, -0.2) is 4.98 Å². The van der Waals surface area contributed by atoms with Gasteiger partial charge >= 0.3 is 0 Å². The van der Waals surface area contributed by atoms with Crippen molar-refractivity contribution in [1.82, 2.24) is 20.1 Å². The third kappa shape index (κ3) is 3.36. The second kappa shape index (κ2) is 7.03. The topological polar surface area (TPSA) is 74.2 Å². The van der Waals surface area contributed by atoms with Crippen LogP contribution in [0.15, 0.2) is 30.5 Å². The Labute approximate surface area is 173 Å². The van der Waals surface area contributed by atoms with E-state index in [1.54, 1.807) is 11.3 Å². The van der Waals surface area contributed by atoms with E-state index in [1.807, 2.05) is 43.4 Å². The first kappa shape index (κ1) is 18.4. The van der Waals surface area contributed by atoms with Gasteiger partial charge in [0, 0.05) is 31.2 Å². The third-order valence-electron chi connectivity index (χ3n) is 6.21. The number of hydrogen-bond acceptors (Lipinski definition) is 7. The van der Waals surface area contributed by atoms with Crippen molar-refractivity contribution in [3.8, 4) is 10.6 Å². The Morgan fingerprint density at radius 1 is 1.10 bits per heavy atom. The number of amides is 1. The lowest BCUT2D eigenvalue weighted by atomic mass is 9.71. The SMILES string of the molecule is CN(C)c1nnc(-c2ccc3cnc(NC(=O)C45CCN(CC4)CC5)cc3c2)s1. The Morgan fingerprint density at radius 3 is 2.55 bits per heavy atom. The molecule has 0 unspecified atom stereocenters. The minimum absolute atomic E-state index is 0.125. The molecular weight excluding hydrogens is 384 g/mol. The normalized spacial score (nSPS) is 23.3. The highest BCUT2D eigenvalue weighted by atomic mass is 32.1. The van der Waals surface area contributed by atoms with Gasteiger partial charge in [0.15, 0.2) is 0 Å². The van der Waals surface area contributed by atoms with Crippen molar-refractivity contribution in [2.45, 2.75) is 19.3 Å². The van der Waals surface area contributed by atoms with Crippen LogP contribution in [0.4, 0.5) is 10.9 Å². The van der Waals surface area contributed by atoms with Crippen molar-refractivity contribution in [2.24, 2.45) is 5.41 Å². The molecule has 0 saturated carbocycles. The van der Waals surface area contributed by atoms with E-state index >= 15 is 0 Å². The quantitative estimate of drug-likeness (QED) is 0.714. The van der Waals surface area contributed by atoms with Gasteiger partial charge in [0.1, 0.15) is 10.8 Å². The van der Waals surface area contributed by atoms with E-state index in [4.69, 9.17) is 0 Å². The van der Waals surface area contributed by atoms with E-state index in [0.29, 0.717) is 5.82 Å². The van der Waals surface area contributed by atoms with Gasteiger partial charge in [-0.2, -0.15) is 0 Å². The molecule has 3 aliphatic rings. The lowest BCUT2D eigenvalue weighted by molar-refractivity contribution is -0.132. The minimum atomic E-state index is -0.220. The fraction of sp³-hybridized carbons (Fsp3) is 0.429. The number of aromatic nitrogens is 3. The first-order valence-corrected chi connectivity index (χ1v) is 10.8. The number of rotatable bonds is 4. The summed E-state index contributed by atoms with van der Waals surface area (Å²) < 4.78 is 0. The van der Waals surface area contributed by atoms with E-state index in [2.05, 4.69) is 31.5 Å². The summed E-state index contributed by atoms with van der Waals surface area (Å²) in [6.45, 7) is 3.08. The summed E-state index contributed by atoms with van der Waals surface area (Å²) in [5.41, 5.74) is 0.798. The molecule has 150 valence electrons. The van der Waals surface area contributed by atoms with Crippen LogP contribution in [-0.2, 0) is 4.79 Å². The predicted molar refractivity (Wildman–Crippen MR) is 116 cm³/mol. The molecule has 1 aromatic carbocycles. The maximum atomic E-state index is 13.0. The molecule has 1 N–H and O–H groups in total. The molecule has 5 heterocycles. The number of carbonyl (C=O) groups excluding carboxylic acids is 1. The molecule has 3 aromatic rings. The van der Waals surface area contributed by atoms with Gasteiger partial charge in [-0.15, -0.1) is 10.2 Å². The number of hydrogen-bond donors (Lipinski definition) is 1. The molecule has 0 radical (unpaired) electrons. The lowest BCUT2D eigenvalue weighted by Gasteiger charge is -2.47. The average Bonchev–Trinajstić information content (AvgIpc) is 3.25. The predicted octanol–water partition coefficient (Wildman–Crippen LogP) is 3.24. The molecule has 6 rings (SSSR count). The van der Waals surface area contributed by atoms with E-state index in [0.717, 1.165) is 65.4 Å². The van der Waals surface area contributed by atoms with Crippen LogP contribution >= 0.6 is 11.3 Å². The standard InChI is InChI=1S/C21H24N6OS/c1-26(2)20-25-24-18(29-20)14-3-4-15-13-22-17(12-16(15)11-14)23-19(28)21-5-8-27(9-6-21)10-7-21/h3-4,11-13H,5-10H2,1-2H3,(H,22,23,28). The maximum absolute atomic E-state index is 13.0. The molecule has 0 atom stereocenters. The van der Waals surface area contributed by atoms with Gasteiger partial charge < -0.3 is 15.1 Å². The fourth-order valence-electron chi connectivity index (χ4n) is 4.27. The van der Waals surface area contributed by atoms with E-state index < -0.39 is 0 Å². The maximum Gasteiger partial charge on any atom is 0.231 e. The van der Waals surface area contributed by atoms with Gasteiger partial charge in [-0.3, -0.25) is 4.79 Å². The van der Waals surface area contributed by atoms with E-state index in [1.165, 1.54) is 0 Å². The smallest absolute Gasteiger partial charge is 0.231 e. The Bertz CT molecular complexity index is 1060. The Balaban J connectivity index is 1.41. The molecule has 3 aliphatic heterocycles. The molecule has 3 saturated heterocycles. The summed E-state index contributed by atoms with van der Waals surface area (Å²) in [7, 11) is 3.92. The number of benzene rings is 1. The average molecular weight is 409 g/mol. The van der Waals surface area contributed by atoms with Crippen molar-refractivity contribution < 1.29 is 4.79 Å². The second-order valence-corrected chi connectivity index (χ2v) is 9.20. The van der Waals surface area contributed by atoms with Gasteiger partial charge in [0.25, 0.3) is 0 Å². The molecule has 0 aliphatic carbocycles. The molecule has 1 amide bonds. The van der Waals surface area contributed by atoms with Crippen LogP contribution in [0.5, 0.6) is 0 Å². The van der Waals surface area contributed by atoms with Gasteiger partial charge in [0.2, 0.25) is 11.0 Å². The summed E-state index contributed by atoms with van der Waals surface area (Å²) in [5.74, 6) is 0.743. The van der Waals surface area contributed by atoms with Crippen molar-refractivity contribution >= 4 is 39.0 Å². The summed E-state index contributed by atoms with van der Waals surface area (Å²) in [5, 5.41) is 15.5. The second-order valence-electron chi connectivity index (χ2n) is 8.24. The zero-order chi connectivity index (χ0) is 20.0. The van der Waals surface area contributed by atoms with Gasteiger partial charge in [-0.05, 0) is 56.4 Å². The summed E-state index contributed by atoms with van der Waals surface area (Å²) >= 11 is 1.56. The van der Waals surface area contributed by atoms with Crippen LogP contribution < -0.4 is 10.2 Å². The summed E-state index contributed by atoms with van der Waals surface area (Å²) in [6, 6.07) is 8.12. The largest absolute Gasteiger partial charge is 0.353 e. The Morgan fingerprint density at radius 2 is 1.86 bits per heavy atom. The number of pyridine rings is 1.